The highest BCUT2D eigenvalue weighted by Gasteiger charge is 2.44. The minimum absolute atomic E-state index is 0.0288. The van der Waals surface area contributed by atoms with Crippen LogP contribution in [0.2, 0.25) is 0 Å². The number of allylic oxidation sites excluding steroid dienone is 5. The highest BCUT2D eigenvalue weighted by Crippen LogP contribution is 2.23. The number of amides is 1. The third kappa shape index (κ3) is 38.5. The van der Waals surface area contributed by atoms with Crippen molar-refractivity contribution in [2.24, 2.45) is 0 Å². The maximum absolute atomic E-state index is 13.0. The Bertz CT molecular complexity index is 1260. The number of aliphatic hydroxyl groups excluding tert-OH is 5. The van der Waals surface area contributed by atoms with Gasteiger partial charge in [-0.2, -0.15) is 0 Å². The first-order valence-electron chi connectivity index (χ1n) is 29.3. The summed E-state index contributed by atoms with van der Waals surface area (Å²) < 4.78 is 16.7. The third-order valence-electron chi connectivity index (χ3n) is 13.8. The Kier molecular flexibility index (Phi) is 46.2. The van der Waals surface area contributed by atoms with Crippen LogP contribution in [-0.4, -0.2) is 100 Å². The van der Waals surface area contributed by atoms with E-state index in [2.05, 4.69) is 43.5 Å². The molecule has 1 aliphatic rings. The van der Waals surface area contributed by atoms with Crippen molar-refractivity contribution in [3.05, 3.63) is 36.5 Å². The summed E-state index contributed by atoms with van der Waals surface area (Å²) in [5.41, 5.74) is 0. The standard InChI is InChI=1S/C59H109NO10/c1-3-5-7-9-11-13-15-26-29-33-37-41-45-52(62)51(50-69-59-58(67)57(66)56(65)53(49-61)70-59)60-54(63)46-42-38-34-30-27-23-21-19-17-16-18-20-22-24-28-32-36-40-44-48-68-55(64)47-43-39-35-31-25-14-12-10-8-6-4-2/h20,22,24,28,41,45,51-53,56-59,61-62,65-67H,3-19,21,23,25-27,29-40,42-44,46-50H2,1-2H3,(H,60,63)/b22-20-,28-24-,45-41+. The summed E-state index contributed by atoms with van der Waals surface area (Å²) in [6.45, 7) is 4.29. The van der Waals surface area contributed by atoms with Gasteiger partial charge in [0.15, 0.2) is 6.29 Å². The van der Waals surface area contributed by atoms with Gasteiger partial charge in [-0.15, -0.1) is 0 Å². The van der Waals surface area contributed by atoms with Gasteiger partial charge in [0, 0.05) is 12.8 Å². The van der Waals surface area contributed by atoms with Gasteiger partial charge in [-0.1, -0.05) is 224 Å². The van der Waals surface area contributed by atoms with Gasteiger partial charge < -0.3 is 45.1 Å². The minimum atomic E-state index is -1.57. The maximum Gasteiger partial charge on any atom is 0.305 e. The first-order chi connectivity index (χ1) is 34.2. The van der Waals surface area contributed by atoms with Gasteiger partial charge in [0.2, 0.25) is 5.91 Å². The molecule has 1 amide bonds. The molecular weight excluding hydrogens is 883 g/mol. The van der Waals surface area contributed by atoms with Crippen molar-refractivity contribution in [3.63, 3.8) is 0 Å². The molecule has 11 heteroatoms. The van der Waals surface area contributed by atoms with Gasteiger partial charge in [0.05, 0.1) is 32.0 Å². The molecule has 1 rings (SSSR count). The van der Waals surface area contributed by atoms with Crippen LogP contribution in [-0.2, 0) is 23.8 Å². The quantitative estimate of drug-likeness (QED) is 0.0149. The van der Waals surface area contributed by atoms with Crippen LogP contribution in [0, 0.1) is 0 Å². The van der Waals surface area contributed by atoms with Crippen molar-refractivity contribution >= 4 is 11.9 Å². The molecule has 0 spiro atoms. The number of ether oxygens (including phenoxy) is 3. The molecule has 0 aromatic rings. The number of esters is 1. The molecule has 0 aromatic heterocycles. The van der Waals surface area contributed by atoms with Crippen LogP contribution in [0.15, 0.2) is 36.5 Å². The lowest BCUT2D eigenvalue weighted by Gasteiger charge is -2.40. The molecule has 0 radical (unpaired) electrons. The molecule has 0 bridgehead atoms. The highest BCUT2D eigenvalue weighted by molar-refractivity contribution is 5.76. The van der Waals surface area contributed by atoms with Gasteiger partial charge >= 0.3 is 5.97 Å². The molecule has 1 saturated heterocycles. The van der Waals surface area contributed by atoms with E-state index in [9.17, 15) is 35.1 Å². The molecule has 70 heavy (non-hydrogen) atoms. The number of unbranched alkanes of at least 4 members (excludes halogenated alkanes) is 33. The zero-order chi connectivity index (χ0) is 51.0. The molecule has 11 nitrogen and oxygen atoms in total. The second-order valence-corrected chi connectivity index (χ2v) is 20.4. The lowest BCUT2D eigenvalue weighted by molar-refractivity contribution is -0.302. The first kappa shape index (κ1) is 65.9. The Morgan fingerprint density at radius 2 is 0.943 bits per heavy atom. The summed E-state index contributed by atoms with van der Waals surface area (Å²) in [6.07, 6.45) is 49.4. The molecule has 6 N–H and O–H groups in total. The minimum Gasteiger partial charge on any atom is -0.466 e. The van der Waals surface area contributed by atoms with Gasteiger partial charge in [-0.25, -0.2) is 0 Å². The van der Waals surface area contributed by atoms with Crippen LogP contribution in [0.4, 0.5) is 0 Å². The molecule has 7 unspecified atom stereocenters. The number of hydrogen-bond donors (Lipinski definition) is 6. The molecule has 0 aromatic carbocycles. The van der Waals surface area contributed by atoms with Crippen molar-refractivity contribution in [2.45, 2.75) is 307 Å². The average Bonchev–Trinajstić information content (AvgIpc) is 3.36. The van der Waals surface area contributed by atoms with E-state index in [1.807, 2.05) is 6.08 Å². The Morgan fingerprint density at radius 3 is 1.41 bits per heavy atom. The zero-order valence-electron chi connectivity index (χ0n) is 45.0. The Balaban J connectivity index is 2.12. The predicted molar refractivity (Wildman–Crippen MR) is 287 cm³/mol. The van der Waals surface area contributed by atoms with Crippen molar-refractivity contribution in [1.29, 1.82) is 0 Å². The fourth-order valence-corrected chi connectivity index (χ4v) is 9.07. The number of rotatable bonds is 50. The Labute approximate surface area is 428 Å². The van der Waals surface area contributed by atoms with E-state index in [0.29, 0.717) is 19.4 Å². The summed E-state index contributed by atoms with van der Waals surface area (Å²) in [5, 5.41) is 54.3. The van der Waals surface area contributed by atoms with Crippen LogP contribution >= 0.6 is 0 Å². The summed E-state index contributed by atoms with van der Waals surface area (Å²) in [5.74, 6) is -0.221. The molecule has 1 fully saturated rings. The summed E-state index contributed by atoms with van der Waals surface area (Å²) in [7, 11) is 0. The first-order valence-corrected chi connectivity index (χ1v) is 29.3. The van der Waals surface area contributed by atoms with Crippen molar-refractivity contribution < 1.29 is 49.3 Å². The van der Waals surface area contributed by atoms with E-state index in [0.717, 1.165) is 89.9 Å². The molecule has 7 atom stereocenters. The lowest BCUT2D eigenvalue weighted by Crippen LogP contribution is -2.60. The van der Waals surface area contributed by atoms with E-state index < -0.39 is 49.5 Å². The SMILES string of the molecule is CCCCCCCCCCCC/C=C/C(O)C(COC1OC(CO)C(O)C(O)C1O)NC(=O)CCCCCCCCCCCC/C=C\C=C/CCCCCOC(=O)CCCCCCCCCCCCC. The normalized spacial score (nSPS) is 19.4. The second kappa shape index (κ2) is 49.1. The lowest BCUT2D eigenvalue weighted by atomic mass is 9.99. The van der Waals surface area contributed by atoms with Crippen molar-refractivity contribution in [2.75, 3.05) is 19.8 Å². The fraction of sp³-hybridized carbons (Fsp3) is 0.864. The van der Waals surface area contributed by atoms with Gasteiger partial charge in [-0.3, -0.25) is 9.59 Å². The summed E-state index contributed by atoms with van der Waals surface area (Å²) >= 11 is 0. The largest absolute Gasteiger partial charge is 0.466 e. The number of hydrogen-bond acceptors (Lipinski definition) is 10. The molecule has 1 aliphatic heterocycles. The van der Waals surface area contributed by atoms with E-state index in [1.54, 1.807) is 6.08 Å². The monoisotopic (exact) mass is 992 g/mol. The van der Waals surface area contributed by atoms with E-state index in [4.69, 9.17) is 14.2 Å². The van der Waals surface area contributed by atoms with Crippen molar-refractivity contribution in [1.82, 2.24) is 5.32 Å². The van der Waals surface area contributed by atoms with Crippen LogP contribution < -0.4 is 5.32 Å². The highest BCUT2D eigenvalue weighted by atomic mass is 16.7. The molecule has 0 saturated carbocycles. The van der Waals surface area contributed by atoms with E-state index in [1.165, 1.54) is 148 Å². The number of aliphatic hydroxyl groups is 5. The molecular formula is C59H109NO10. The van der Waals surface area contributed by atoms with Gasteiger partial charge in [-0.05, 0) is 64.2 Å². The number of carbonyl (C=O) groups is 2. The van der Waals surface area contributed by atoms with Crippen molar-refractivity contribution in [3.8, 4) is 0 Å². The van der Waals surface area contributed by atoms with Gasteiger partial charge in [0.25, 0.3) is 0 Å². The van der Waals surface area contributed by atoms with Gasteiger partial charge in [0.1, 0.15) is 24.4 Å². The average molecular weight is 993 g/mol. The van der Waals surface area contributed by atoms with E-state index >= 15 is 0 Å². The molecule has 0 aliphatic carbocycles. The number of nitrogens with one attached hydrogen (secondary N) is 1. The molecule has 410 valence electrons. The van der Waals surface area contributed by atoms with Crippen LogP contribution in [0.1, 0.15) is 264 Å². The zero-order valence-corrected chi connectivity index (χ0v) is 45.0. The smallest absolute Gasteiger partial charge is 0.305 e. The van der Waals surface area contributed by atoms with E-state index in [-0.39, 0.29) is 18.5 Å². The second-order valence-electron chi connectivity index (χ2n) is 20.4. The maximum atomic E-state index is 13.0. The number of carbonyl (C=O) groups excluding carboxylic acids is 2. The fourth-order valence-electron chi connectivity index (χ4n) is 9.07. The Morgan fingerprint density at radius 1 is 0.529 bits per heavy atom. The Hall–Kier alpha value is -2.12. The van der Waals surface area contributed by atoms with Crippen LogP contribution in [0.3, 0.4) is 0 Å². The molecule has 1 heterocycles. The van der Waals surface area contributed by atoms with Crippen LogP contribution in [0.5, 0.6) is 0 Å². The topological polar surface area (TPSA) is 175 Å². The summed E-state index contributed by atoms with van der Waals surface area (Å²) in [6, 6.07) is -0.817. The third-order valence-corrected chi connectivity index (χ3v) is 13.8. The summed E-state index contributed by atoms with van der Waals surface area (Å²) in [4.78, 5) is 25.0. The predicted octanol–water partition coefficient (Wildman–Crippen LogP) is 13.1. The van der Waals surface area contributed by atoms with Crippen LogP contribution in [0.25, 0.3) is 0 Å².